The maximum absolute atomic E-state index is 9.42. The van der Waals surface area contributed by atoms with Crippen molar-refractivity contribution in [3.8, 4) is 22.5 Å². The summed E-state index contributed by atoms with van der Waals surface area (Å²) in [7, 11) is -1.46. The smallest absolute Gasteiger partial charge is 0.423 e. The van der Waals surface area contributed by atoms with Gasteiger partial charge in [-0.1, -0.05) is 147 Å². The zero-order chi connectivity index (χ0) is 38.6. The van der Waals surface area contributed by atoms with Crippen LogP contribution in [0.2, 0.25) is 0 Å². The number of para-hydroxylation sites is 4. The molecule has 0 atom stereocenters. The first-order valence-corrected chi connectivity index (χ1v) is 20.7. The van der Waals surface area contributed by atoms with Crippen LogP contribution < -0.4 is 5.46 Å². The summed E-state index contributed by atoms with van der Waals surface area (Å²) >= 11 is 9.21. The summed E-state index contributed by atoms with van der Waals surface area (Å²) in [5, 5.41) is 23.8. The van der Waals surface area contributed by atoms with Gasteiger partial charge in [0.1, 0.15) is 0 Å². The van der Waals surface area contributed by atoms with Crippen molar-refractivity contribution in [1.82, 2.24) is 9.13 Å². The van der Waals surface area contributed by atoms with Crippen molar-refractivity contribution in [3.05, 3.63) is 207 Å². The van der Waals surface area contributed by atoms with Gasteiger partial charge in [0.2, 0.25) is 0 Å². The summed E-state index contributed by atoms with van der Waals surface area (Å²) in [5.74, 6) is 0. The van der Waals surface area contributed by atoms with Crippen molar-refractivity contribution >= 4 is 111 Å². The van der Waals surface area contributed by atoms with E-state index in [4.69, 9.17) is 0 Å². The maximum atomic E-state index is 9.42. The number of fused-ring (bicyclic) bond motifs is 6. The van der Waals surface area contributed by atoms with E-state index >= 15 is 0 Å². The highest BCUT2D eigenvalue weighted by molar-refractivity contribution is 14.1. The Labute approximate surface area is 356 Å². The van der Waals surface area contributed by atoms with Crippen molar-refractivity contribution in [2.45, 2.75) is 0 Å². The molecule has 0 aliphatic heterocycles. The van der Waals surface area contributed by atoms with E-state index in [9.17, 15) is 10.0 Å². The summed E-state index contributed by atoms with van der Waals surface area (Å²) in [6, 6.07) is 66.4. The number of hydrogen-bond acceptors (Lipinski definition) is 2. The quantitative estimate of drug-likeness (QED) is 0.136. The van der Waals surface area contributed by atoms with Crippen LogP contribution in [0.5, 0.6) is 0 Å². The van der Waals surface area contributed by atoms with E-state index in [-0.39, 0.29) is 0 Å². The number of rotatable bonds is 4. The fourth-order valence-electron chi connectivity index (χ4n) is 7.18. The maximum Gasteiger partial charge on any atom is 0.488 e. The van der Waals surface area contributed by atoms with E-state index in [1.807, 2.05) is 54.6 Å². The molecule has 0 aliphatic rings. The molecular weight excluding hydrogens is 934 g/mol. The molecule has 56 heavy (non-hydrogen) atoms. The number of hydrogen-bond donors (Lipinski definition) is 2. The molecular formula is C48H34BBr2IN2O2. The standard InChI is InChI=1S/C24H16BrN.C18H14BNO2.C6H4BrI/c25-19-9-5-7-17(15-19)18-8-6-10-20(16-18)26-23-13-3-1-11-21(23)22-12-2-4-14-24(22)26;21-19(22)13-6-5-7-14(12-13)20-17-10-3-1-8-15(17)16-9-2-4-11-18(16)20;7-5-2-1-3-6(8)4-5/h1-16H;1-12,21-22H;1-4H. The van der Waals surface area contributed by atoms with Crippen LogP contribution in [0.1, 0.15) is 0 Å². The molecule has 10 aromatic rings. The predicted molar refractivity (Wildman–Crippen MR) is 251 cm³/mol. The summed E-state index contributed by atoms with van der Waals surface area (Å²) in [6.45, 7) is 0. The van der Waals surface area contributed by atoms with Gasteiger partial charge >= 0.3 is 7.12 Å². The lowest BCUT2D eigenvalue weighted by Crippen LogP contribution is -2.29. The highest BCUT2D eigenvalue weighted by atomic mass is 127. The topological polar surface area (TPSA) is 50.3 Å². The molecule has 0 radical (unpaired) electrons. The third-order valence-corrected chi connectivity index (χ3v) is 11.3. The van der Waals surface area contributed by atoms with Crippen LogP contribution in [0.3, 0.4) is 0 Å². The van der Waals surface area contributed by atoms with E-state index in [1.165, 1.54) is 53.0 Å². The highest BCUT2D eigenvalue weighted by Crippen LogP contribution is 2.34. The lowest BCUT2D eigenvalue weighted by molar-refractivity contribution is 0.426. The van der Waals surface area contributed by atoms with Crippen molar-refractivity contribution in [2.24, 2.45) is 0 Å². The van der Waals surface area contributed by atoms with Gasteiger partial charge in [0.05, 0.1) is 22.1 Å². The number of nitrogens with zero attached hydrogens (tertiary/aromatic N) is 2. The van der Waals surface area contributed by atoms with Crippen LogP contribution in [0.4, 0.5) is 0 Å². The Bertz CT molecular complexity index is 2850. The summed E-state index contributed by atoms with van der Waals surface area (Å²) in [5.41, 5.74) is 9.69. The second-order valence-electron chi connectivity index (χ2n) is 13.2. The largest absolute Gasteiger partial charge is 0.488 e. The molecule has 8 heteroatoms. The van der Waals surface area contributed by atoms with Gasteiger partial charge in [-0.3, -0.25) is 0 Å². The molecule has 0 bridgehead atoms. The molecule has 4 nitrogen and oxygen atoms in total. The number of halogens is 3. The van der Waals surface area contributed by atoms with Gasteiger partial charge < -0.3 is 19.2 Å². The van der Waals surface area contributed by atoms with Crippen LogP contribution in [0.15, 0.2) is 203 Å². The Morgan fingerprint density at radius 3 is 1.21 bits per heavy atom. The highest BCUT2D eigenvalue weighted by Gasteiger charge is 2.15. The molecule has 272 valence electrons. The van der Waals surface area contributed by atoms with Gasteiger partial charge in [-0.25, -0.2) is 0 Å². The van der Waals surface area contributed by atoms with Gasteiger partial charge in [0.15, 0.2) is 0 Å². The minimum absolute atomic E-state index is 0.486. The van der Waals surface area contributed by atoms with Crippen LogP contribution in [-0.2, 0) is 0 Å². The first-order chi connectivity index (χ1) is 27.4. The summed E-state index contributed by atoms with van der Waals surface area (Å²) < 4.78 is 8.00. The van der Waals surface area contributed by atoms with E-state index in [0.29, 0.717) is 5.46 Å². The second-order valence-corrected chi connectivity index (χ2v) is 16.3. The van der Waals surface area contributed by atoms with Crippen molar-refractivity contribution in [1.29, 1.82) is 0 Å². The summed E-state index contributed by atoms with van der Waals surface area (Å²) in [4.78, 5) is 0. The monoisotopic (exact) mass is 966 g/mol. The Hall–Kier alpha value is -4.97. The Morgan fingerprint density at radius 2 is 0.786 bits per heavy atom. The molecule has 8 aromatic carbocycles. The number of aromatic nitrogens is 2. The number of benzene rings is 8. The van der Waals surface area contributed by atoms with E-state index < -0.39 is 7.12 Å². The lowest BCUT2D eigenvalue weighted by atomic mass is 9.80. The molecule has 0 unspecified atom stereocenters. The van der Waals surface area contributed by atoms with Gasteiger partial charge in [-0.2, -0.15) is 0 Å². The van der Waals surface area contributed by atoms with Crippen LogP contribution in [-0.4, -0.2) is 26.3 Å². The fraction of sp³-hybridized carbons (Fsp3) is 0. The third kappa shape index (κ3) is 7.98. The van der Waals surface area contributed by atoms with Gasteiger partial charge in [-0.15, -0.1) is 0 Å². The minimum atomic E-state index is -1.46. The van der Waals surface area contributed by atoms with E-state index in [2.05, 4.69) is 197 Å². The SMILES string of the molecule is Brc1cccc(-c2cccc(-n3c4ccccc4c4ccccc43)c2)c1.Brc1cccc(I)c1.OB(O)c1cccc(-n2c3ccccc3c3ccccc32)c1. The Kier molecular flexibility index (Phi) is 11.5. The molecule has 2 aromatic heterocycles. The average Bonchev–Trinajstić information content (AvgIpc) is 3.75. The van der Waals surface area contributed by atoms with Crippen molar-refractivity contribution < 1.29 is 10.0 Å². The summed E-state index contributed by atoms with van der Waals surface area (Å²) in [6.07, 6.45) is 0. The zero-order valence-corrected chi connectivity index (χ0v) is 35.3. The lowest BCUT2D eigenvalue weighted by Gasteiger charge is -2.10. The Balaban J connectivity index is 0.000000133. The Morgan fingerprint density at radius 1 is 0.393 bits per heavy atom. The van der Waals surface area contributed by atoms with E-state index in [1.54, 1.807) is 6.07 Å². The molecule has 0 saturated carbocycles. The fourth-order valence-corrected chi connectivity index (χ4v) is 8.95. The van der Waals surface area contributed by atoms with Crippen molar-refractivity contribution in [2.75, 3.05) is 0 Å². The normalized spacial score (nSPS) is 10.9. The van der Waals surface area contributed by atoms with Crippen LogP contribution >= 0.6 is 54.5 Å². The molecule has 0 amide bonds. The van der Waals surface area contributed by atoms with Crippen LogP contribution in [0, 0.1) is 3.57 Å². The molecule has 0 spiro atoms. The average molecular weight is 968 g/mol. The molecule has 0 aliphatic carbocycles. The van der Waals surface area contributed by atoms with E-state index in [0.717, 1.165) is 25.7 Å². The van der Waals surface area contributed by atoms with Gasteiger partial charge in [-0.05, 0) is 118 Å². The minimum Gasteiger partial charge on any atom is -0.423 e. The third-order valence-electron chi connectivity index (χ3n) is 9.64. The van der Waals surface area contributed by atoms with Crippen LogP contribution in [0.25, 0.3) is 66.1 Å². The van der Waals surface area contributed by atoms with Crippen molar-refractivity contribution in [3.63, 3.8) is 0 Å². The predicted octanol–water partition coefficient (Wildman–Crippen LogP) is 12.7. The first-order valence-electron chi connectivity index (χ1n) is 18.1. The van der Waals surface area contributed by atoms with Gasteiger partial charge in [0.25, 0.3) is 0 Å². The molecule has 0 saturated heterocycles. The zero-order valence-electron chi connectivity index (χ0n) is 30.0. The molecule has 2 heterocycles. The molecule has 0 fully saturated rings. The molecule has 2 N–H and O–H groups in total. The first kappa shape index (κ1) is 37.9. The van der Waals surface area contributed by atoms with Gasteiger partial charge in [0, 0.05) is 45.4 Å². The molecule has 10 rings (SSSR count). The second kappa shape index (κ2) is 17.0.